The molecule has 0 saturated carbocycles. The molecule has 1 aliphatic rings. The number of benzene rings is 2. The van der Waals surface area contributed by atoms with Crippen LogP contribution in [0.2, 0.25) is 5.02 Å². The van der Waals surface area contributed by atoms with E-state index in [2.05, 4.69) is 9.71 Å². The van der Waals surface area contributed by atoms with Gasteiger partial charge < -0.3 is 14.7 Å². The average Bonchev–Trinajstić information content (AvgIpc) is 2.87. The van der Waals surface area contributed by atoms with Crippen LogP contribution in [0.3, 0.4) is 0 Å². The lowest BCUT2D eigenvalue weighted by molar-refractivity contribution is -0.0632. The zero-order chi connectivity index (χ0) is 27.0. The number of pyridine rings is 1. The van der Waals surface area contributed by atoms with Crippen molar-refractivity contribution in [2.24, 2.45) is 0 Å². The SMILES string of the molecule is CCc1ccc(S(=O)(=O)N[C@@H]2c3cc(C(=O)N(CC)c4cccc(Cl)c4)cnc3OC(C)(C)[C@H]2O)cc1. The van der Waals surface area contributed by atoms with Gasteiger partial charge in [-0.05, 0) is 69.2 Å². The first-order valence-electron chi connectivity index (χ1n) is 12.0. The summed E-state index contributed by atoms with van der Waals surface area (Å²) in [5.74, 6) is -0.206. The summed E-state index contributed by atoms with van der Waals surface area (Å²) in [5, 5.41) is 11.6. The number of aliphatic hydroxyl groups is 1. The molecular formula is C27H30ClN3O5S. The maximum Gasteiger partial charge on any atom is 0.259 e. The molecule has 0 saturated heterocycles. The zero-order valence-electron chi connectivity index (χ0n) is 21.1. The third-order valence-electron chi connectivity index (χ3n) is 6.45. The van der Waals surface area contributed by atoms with Crippen molar-refractivity contribution in [3.63, 3.8) is 0 Å². The first kappa shape index (κ1) is 27.1. The number of hydrogen-bond donors (Lipinski definition) is 2. The monoisotopic (exact) mass is 543 g/mol. The largest absolute Gasteiger partial charge is 0.469 e. The van der Waals surface area contributed by atoms with Crippen molar-refractivity contribution in [2.45, 2.75) is 56.8 Å². The third-order valence-corrected chi connectivity index (χ3v) is 8.15. The summed E-state index contributed by atoms with van der Waals surface area (Å²) in [4.78, 5) is 19.4. The number of carbonyl (C=O) groups is 1. The number of aryl methyl sites for hydroxylation is 1. The zero-order valence-corrected chi connectivity index (χ0v) is 22.7. The van der Waals surface area contributed by atoms with E-state index in [4.69, 9.17) is 16.3 Å². The van der Waals surface area contributed by atoms with Crippen molar-refractivity contribution in [3.8, 4) is 5.88 Å². The Balaban J connectivity index is 1.73. The van der Waals surface area contributed by atoms with Gasteiger partial charge in [0.15, 0.2) is 0 Å². The van der Waals surface area contributed by atoms with E-state index in [0.29, 0.717) is 17.3 Å². The van der Waals surface area contributed by atoms with Crippen LogP contribution in [-0.2, 0) is 16.4 Å². The molecule has 10 heteroatoms. The maximum atomic E-state index is 13.5. The number of hydrogen-bond acceptors (Lipinski definition) is 6. The Morgan fingerprint density at radius 2 is 1.86 bits per heavy atom. The molecule has 2 atom stereocenters. The van der Waals surface area contributed by atoms with Gasteiger partial charge in [0, 0.05) is 29.0 Å². The number of ether oxygens (including phenoxy) is 1. The second kappa shape index (κ2) is 10.4. The molecule has 1 aliphatic heterocycles. The predicted octanol–water partition coefficient (Wildman–Crippen LogP) is 4.52. The molecule has 2 aromatic carbocycles. The van der Waals surface area contributed by atoms with Crippen molar-refractivity contribution < 1.29 is 23.1 Å². The van der Waals surface area contributed by atoms with E-state index in [1.165, 1.54) is 29.3 Å². The number of amides is 1. The summed E-state index contributed by atoms with van der Waals surface area (Å²) in [7, 11) is -4.02. The van der Waals surface area contributed by atoms with Gasteiger partial charge >= 0.3 is 0 Å². The van der Waals surface area contributed by atoms with Gasteiger partial charge in [-0.2, -0.15) is 0 Å². The van der Waals surface area contributed by atoms with Gasteiger partial charge in [-0.3, -0.25) is 4.79 Å². The highest BCUT2D eigenvalue weighted by Crippen LogP contribution is 2.40. The van der Waals surface area contributed by atoms with E-state index in [0.717, 1.165) is 12.0 Å². The third kappa shape index (κ3) is 5.50. The molecule has 0 radical (unpaired) electrons. The molecule has 0 unspecified atom stereocenters. The summed E-state index contributed by atoms with van der Waals surface area (Å²) in [6, 6.07) is 13.9. The van der Waals surface area contributed by atoms with Crippen molar-refractivity contribution in [2.75, 3.05) is 11.4 Å². The predicted molar refractivity (Wildman–Crippen MR) is 143 cm³/mol. The van der Waals surface area contributed by atoms with Crippen LogP contribution in [0, 0.1) is 0 Å². The lowest BCUT2D eigenvalue weighted by Crippen LogP contribution is -2.53. The van der Waals surface area contributed by atoms with Crippen LogP contribution in [-0.4, -0.2) is 42.7 Å². The number of fused-ring (bicyclic) bond motifs is 1. The molecule has 196 valence electrons. The Hall–Kier alpha value is -2.98. The second-order valence-corrected chi connectivity index (χ2v) is 11.5. The van der Waals surface area contributed by atoms with E-state index in [1.54, 1.807) is 50.2 Å². The van der Waals surface area contributed by atoms with Crippen LogP contribution in [0.25, 0.3) is 0 Å². The first-order chi connectivity index (χ1) is 17.5. The van der Waals surface area contributed by atoms with Crippen LogP contribution in [0.4, 0.5) is 5.69 Å². The van der Waals surface area contributed by atoms with Crippen molar-refractivity contribution in [3.05, 3.63) is 82.5 Å². The minimum absolute atomic E-state index is 0.0704. The number of nitrogens with zero attached hydrogens (tertiary/aromatic N) is 2. The number of aliphatic hydroxyl groups excluding tert-OH is 1. The molecule has 4 rings (SSSR count). The molecule has 2 N–H and O–H groups in total. The van der Waals surface area contributed by atoms with Crippen LogP contribution in [0.15, 0.2) is 65.7 Å². The quantitative estimate of drug-likeness (QED) is 0.453. The summed E-state index contributed by atoms with van der Waals surface area (Å²) in [6.07, 6.45) is 0.907. The molecule has 2 heterocycles. The number of aromatic nitrogens is 1. The number of sulfonamides is 1. The van der Waals surface area contributed by atoms with Gasteiger partial charge in [0.25, 0.3) is 5.91 Å². The fraction of sp³-hybridized carbons (Fsp3) is 0.333. The number of anilines is 1. The summed E-state index contributed by atoms with van der Waals surface area (Å²) in [5.41, 5.74) is 0.967. The molecular weight excluding hydrogens is 514 g/mol. The highest BCUT2D eigenvalue weighted by molar-refractivity contribution is 7.89. The Bertz CT molecular complexity index is 1410. The van der Waals surface area contributed by atoms with Crippen LogP contribution in [0.1, 0.15) is 55.2 Å². The maximum absolute atomic E-state index is 13.5. The van der Waals surface area contributed by atoms with Gasteiger partial charge in [-0.15, -0.1) is 0 Å². The number of nitrogens with one attached hydrogen (secondary N) is 1. The average molecular weight is 544 g/mol. The summed E-state index contributed by atoms with van der Waals surface area (Å²) < 4.78 is 35.1. The van der Waals surface area contributed by atoms with E-state index < -0.39 is 27.8 Å². The molecule has 1 aromatic heterocycles. The van der Waals surface area contributed by atoms with Crippen molar-refractivity contribution >= 4 is 33.2 Å². The van der Waals surface area contributed by atoms with E-state index >= 15 is 0 Å². The van der Waals surface area contributed by atoms with Gasteiger partial charge in [-0.1, -0.05) is 36.7 Å². The minimum Gasteiger partial charge on any atom is -0.469 e. The normalized spacial score (nSPS) is 18.5. The lowest BCUT2D eigenvalue weighted by Gasteiger charge is -2.41. The van der Waals surface area contributed by atoms with Gasteiger partial charge in [0.2, 0.25) is 15.9 Å². The number of rotatable bonds is 7. The lowest BCUT2D eigenvalue weighted by atomic mass is 9.88. The molecule has 1 amide bonds. The summed E-state index contributed by atoms with van der Waals surface area (Å²) in [6.45, 7) is 7.48. The summed E-state index contributed by atoms with van der Waals surface area (Å²) >= 11 is 6.12. The number of carbonyl (C=O) groups excluding carboxylic acids is 1. The molecule has 0 bridgehead atoms. The Kier molecular flexibility index (Phi) is 7.62. The topological polar surface area (TPSA) is 109 Å². The molecule has 3 aromatic rings. The van der Waals surface area contributed by atoms with Gasteiger partial charge in [0.05, 0.1) is 16.5 Å². The fourth-order valence-electron chi connectivity index (χ4n) is 4.29. The van der Waals surface area contributed by atoms with Gasteiger partial charge in [-0.25, -0.2) is 18.1 Å². The standard InChI is InChI=1S/C27H30ClN3O5S/c1-5-17-10-12-21(13-11-17)37(34,35)30-23-22-14-18(16-29-25(22)36-27(3,4)24(23)32)26(33)31(6-2)20-9-7-8-19(28)15-20/h7-16,23-24,30,32H,5-6H2,1-4H3/t23-,24+/m1/s1. The van der Waals surface area contributed by atoms with Crippen molar-refractivity contribution in [1.82, 2.24) is 9.71 Å². The Morgan fingerprint density at radius 3 is 2.49 bits per heavy atom. The van der Waals surface area contributed by atoms with E-state index in [9.17, 15) is 18.3 Å². The van der Waals surface area contributed by atoms with Crippen LogP contribution in [0.5, 0.6) is 5.88 Å². The van der Waals surface area contributed by atoms with Gasteiger partial charge in [0.1, 0.15) is 11.7 Å². The highest BCUT2D eigenvalue weighted by Gasteiger charge is 2.45. The van der Waals surface area contributed by atoms with Crippen LogP contribution < -0.4 is 14.4 Å². The molecule has 37 heavy (non-hydrogen) atoms. The van der Waals surface area contributed by atoms with Crippen molar-refractivity contribution in [1.29, 1.82) is 0 Å². The molecule has 0 aliphatic carbocycles. The Labute approximate surface area is 222 Å². The molecule has 8 nitrogen and oxygen atoms in total. The molecule has 0 fully saturated rings. The fourth-order valence-corrected chi connectivity index (χ4v) is 5.69. The second-order valence-electron chi connectivity index (χ2n) is 9.39. The van der Waals surface area contributed by atoms with E-state index in [-0.39, 0.29) is 27.8 Å². The highest BCUT2D eigenvalue weighted by atomic mass is 35.5. The molecule has 0 spiro atoms. The van der Waals surface area contributed by atoms with E-state index in [1.807, 2.05) is 13.8 Å². The van der Waals surface area contributed by atoms with Crippen LogP contribution >= 0.6 is 11.6 Å². The number of halogens is 1. The Morgan fingerprint density at radius 1 is 1.16 bits per heavy atom. The minimum atomic E-state index is -4.02. The smallest absolute Gasteiger partial charge is 0.259 e. The first-order valence-corrected chi connectivity index (χ1v) is 13.9.